The van der Waals surface area contributed by atoms with Crippen molar-refractivity contribution in [2.75, 3.05) is 32.6 Å². The second kappa shape index (κ2) is 7.55. The van der Waals surface area contributed by atoms with E-state index in [1.807, 2.05) is 11.8 Å². The van der Waals surface area contributed by atoms with Crippen molar-refractivity contribution in [1.82, 2.24) is 5.32 Å². The Kier molecular flexibility index (Phi) is 6.65. The summed E-state index contributed by atoms with van der Waals surface area (Å²) in [7, 11) is 0. The van der Waals surface area contributed by atoms with Crippen molar-refractivity contribution in [3.63, 3.8) is 0 Å². The van der Waals surface area contributed by atoms with Crippen molar-refractivity contribution >= 4 is 11.8 Å². The maximum atomic E-state index is 5.44. The zero-order valence-electron chi connectivity index (χ0n) is 9.42. The lowest BCUT2D eigenvalue weighted by Crippen LogP contribution is -2.30. The summed E-state index contributed by atoms with van der Waals surface area (Å²) in [5, 5.41) is 4.31. The van der Waals surface area contributed by atoms with Gasteiger partial charge in [0.25, 0.3) is 0 Å². The second-order valence-corrected chi connectivity index (χ2v) is 5.40. The molecule has 84 valence electrons. The van der Waals surface area contributed by atoms with Crippen LogP contribution in [0.1, 0.15) is 26.2 Å². The summed E-state index contributed by atoms with van der Waals surface area (Å²) >= 11 is 1.95. The Bertz CT molecular complexity index is 137. The lowest BCUT2D eigenvalue weighted by Gasteiger charge is -2.22. The van der Waals surface area contributed by atoms with Crippen LogP contribution in [0.25, 0.3) is 0 Å². The van der Waals surface area contributed by atoms with E-state index >= 15 is 0 Å². The molecule has 0 spiro atoms. The first-order chi connectivity index (χ1) is 6.83. The van der Waals surface area contributed by atoms with E-state index in [-0.39, 0.29) is 0 Å². The molecule has 2 nitrogen and oxygen atoms in total. The van der Waals surface area contributed by atoms with Gasteiger partial charge in [-0.15, -0.1) is 0 Å². The van der Waals surface area contributed by atoms with Crippen LogP contribution in [0, 0.1) is 5.92 Å². The maximum Gasteiger partial charge on any atom is 0.0506 e. The van der Waals surface area contributed by atoms with Gasteiger partial charge in [0.15, 0.2) is 0 Å². The molecule has 2 unspecified atom stereocenters. The molecule has 2 atom stereocenters. The van der Waals surface area contributed by atoms with Gasteiger partial charge in [-0.25, -0.2) is 0 Å². The Hall–Kier alpha value is 0.270. The molecule has 3 heteroatoms. The van der Waals surface area contributed by atoms with Gasteiger partial charge in [0.2, 0.25) is 0 Å². The predicted octanol–water partition coefficient (Wildman–Crippen LogP) is 2.14. The summed E-state index contributed by atoms with van der Waals surface area (Å²) in [5.41, 5.74) is 0. The van der Waals surface area contributed by atoms with Crippen LogP contribution in [-0.2, 0) is 4.74 Å². The molecule has 1 rings (SSSR count). The van der Waals surface area contributed by atoms with Gasteiger partial charge in [0, 0.05) is 18.4 Å². The molecule has 1 N–H and O–H groups in total. The molecular formula is C11H23NOS. The molecule has 1 fully saturated rings. The van der Waals surface area contributed by atoms with E-state index in [4.69, 9.17) is 4.74 Å². The first-order valence-electron chi connectivity index (χ1n) is 5.64. The molecule has 1 aliphatic heterocycles. The minimum absolute atomic E-state index is 0.758. The highest BCUT2D eigenvalue weighted by atomic mass is 32.2. The number of nitrogens with one attached hydrogen (secondary N) is 1. The number of hydrogen-bond donors (Lipinski definition) is 1. The molecule has 1 heterocycles. The fourth-order valence-electron chi connectivity index (χ4n) is 1.70. The smallest absolute Gasteiger partial charge is 0.0506 e. The molecule has 0 saturated carbocycles. The number of hydrogen-bond acceptors (Lipinski definition) is 3. The average Bonchev–Trinajstić information content (AvgIpc) is 2.25. The molecule has 0 amide bonds. The second-order valence-electron chi connectivity index (χ2n) is 4.12. The Morgan fingerprint density at radius 2 is 2.43 bits per heavy atom. The minimum atomic E-state index is 0.758. The zero-order chi connectivity index (χ0) is 10.2. The monoisotopic (exact) mass is 217 g/mol. The van der Waals surface area contributed by atoms with Crippen molar-refractivity contribution in [2.45, 2.75) is 31.4 Å². The highest BCUT2D eigenvalue weighted by Crippen LogP contribution is 2.12. The van der Waals surface area contributed by atoms with Gasteiger partial charge in [-0.3, -0.25) is 0 Å². The third kappa shape index (κ3) is 5.23. The summed E-state index contributed by atoms with van der Waals surface area (Å²) in [6, 6.07) is 0. The largest absolute Gasteiger partial charge is 0.381 e. The van der Waals surface area contributed by atoms with Gasteiger partial charge >= 0.3 is 0 Å². The van der Waals surface area contributed by atoms with Crippen molar-refractivity contribution in [2.24, 2.45) is 5.92 Å². The van der Waals surface area contributed by atoms with Crippen molar-refractivity contribution < 1.29 is 4.74 Å². The van der Waals surface area contributed by atoms with E-state index in [0.717, 1.165) is 37.5 Å². The van der Waals surface area contributed by atoms with E-state index in [2.05, 4.69) is 18.5 Å². The lowest BCUT2D eigenvalue weighted by atomic mass is 10.0. The molecule has 0 aliphatic carbocycles. The Labute approximate surface area is 92.2 Å². The maximum absolute atomic E-state index is 5.44. The summed E-state index contributed by atoms with van der Waals surface area (Å²) in [4.78, 5) is 0. The SMILES string of the molecule is CSC(C)CCNCC1CCCOC1. The first-order valence-corrected chi connectivity index (χ1v) is 6.93. The molecular weight excluding hydrogens is 194 g/mol. The summed E-state index contributed by atoms with van der Waals surface area (Å²) in [6.07, 6.45) is 6.03. The van der Waals surface area contributed by atoms with Crippen LogP contribution < -0.4 is 5.32 Å². The molecule has 0 aromatic heterocycles. The van der Waals surface area contributed by atoms with Crippen molar-refractivity contribution in [1.29, 1.82) is 0 Å². The number of thioether (sulfide) groups is 1. The lowest BCUT2D eigenvalue weighted by molar-refractivity contribution is 0.0549. The highest BCUT2D eigenvalue weighted by Gasteiger charge is 2.12. The summed E-state index contributed by atoms with van der Waals surface area (Å²) in [6.45, 7) is 6.51. The van der Waals surface area contributed by atoms with E-state index in [1.54, 1.807) is 0 Å². The summed E-state index contributed by atoms with van der Waals surface area (Å²) < 4.78 is 5.44. The van der Waals surface area contributed by atoms with E-state index in [1.165, 1.54) is 19.3 Å². The van der Waals surface area contributed by atoms with Gasteiger partial charge in [0.05, 0.1) is 6.61 Å². The molecule has 0 bridgehead atoms. The van der Waals surface area contributed by atoms with Crippen molar-refractivity contribution in [3.05, 3.63) is 0 Å². The first kappa shape index (κ1) is 12.3. The van der Waals surface area contributed by atoms with Crippen LogP contribution in [-0.4, -0.2) is 37.8 Å². The molecule has 1 saturated heterocycles. The third-order valence-electron chi connectivity index (χ3n) is 2.82. The fourth-order valence-corrected chi connectivity index (χ4v) is 2.05. The van der Waals surface area contributed by atoms with Gasteiger partial charge in [-0.05, 0) is 38.0 Å². The van der Waals surface area contributed by atoms with Gasteiger partial charge < -0.3 is 10.1 Å². The normalized spacial score (nSPS) is 24.9. The average molecular weight is 217 g/mol. The van der Waals surface area contributed by atoms with Crippen LogP contribution in [0.5, 0.6) is 0 Å². The summed E-state index contributed by atoms with van der Waals surface area (Å²) in [5.74, 6) is 0.758. The topological polar surface area (TPSA) is 21.3 Å². The number of rotatable bonds is 6. The van der Waals surface area contributed by atoms with Crippen LogP contribution in [0.15, 0.2) is 0 Å². The van der Waals surface area contributed by atoms with Crippen LogP contribution in [0.3, 0.4) is 0 Å². The third-order valence-corrected chi connectivity index (χ3v) is 3.86. The predicted molar refractivity (Wildman–Crippen MR) is 64.0 cm³/mol. The van der Waals surface area contributed by atoms with Gasteiger partial charge in [-0.2, -0.15) is 11.8 Å². The van der Waals surface area contributed by atoms with Gasteiger partial charge in [0.1, 0.15) is 0 Å². The molecule has 0 radical (unpaired) electrons. The zero-order valence-corrected chi connectivity index (χ0v) is 10.2. The number of ether oxygens (including phenoxy) is 1. The molecule has 0 aromatic rings. The van der Waals surface area contributed by atoms with Crippen molar-refractivity contribution in [3.8, 4) is 0 Å². The Morgan fingerprint density at radius 1 is 1.57 bits per heavy atom. The van der Waals surface area contributed by atoms with Crippen LogP contribution in [0.2, 0.25) is 0 Å². The van der Waals surface area contributed by atoms with Crippen LogP contribution >= 0.6 is 11.8 Å². The van der Waals surface area contributed by atoms with Crippen LogP contribution in [0.4, 0.5) is 0 Å². The minimum Gasteiger partial charge on any atom is -0.381 e. The van der Waals surface area contributed by atoms with Gasteiger partial charge in [-0.1, -0.05) is 6.92 Å². The molecule has 0 aromatic carbocycles. The fraction of sp³-hybridized carbons (Fsp3) is 1.00. The highest BCUT2D eigenvalue weighted by molar-refractivity contribution is 7.99. The Balaban J connectivity index is 1.92. The van der Waals surface area contributed by atoms with E-state index in [9.17, 15) is 0 Å². The molecule has 14 heavy (non-hydrogen) atoms. The molecule has 1 aliphatic rings. The van der Waals surface area contributed by atoms with E-state index in [0.29, 0.717) is 0 Å². The standard InChI is InChI=1S/C11H23NOS/c1-10(14-2)5-6-12-8-11-4-3-7-13-9-11/h10-12H,3-9H2,1-2H3. The quantitative estimate of drug-likeness (QED) is 0.689. The van der Waals surface area contributed by atoms with E-state index < -0.39 is 0 Å². The Morgan fingerprint density at radius 3 is 3.07 bits per heavy atom.